The first-order valence-corrected chi connectivity index (χ1v) is 10.9. The fourth-order valence-corrected chi connectivity index (χ4v) is 4.08. The van der Waals surface area contributed by atoms with E-state index in [4.69, 9.17) is 21.1 Å². The fraction of sp³-hybridized carbons (Fsp3) is 0.565. The molecule has 1 saturated carbocycles. The summed E-state index contributed by atoms with van der Waals surface area (Å²) in [6.45, 7) is 4.51. The number of carbonyl (C=O) groups excluding carboxylic acids is 4. The number of ketones is 2. The molecule has 0 aliphatic heterocycles. The Bertz CT molecular complexity index is 839. The first-order chi connectivity index (χ1) is 14.6. The Labute approximate surface area is 188 Å². The van der Waals surface area contributed by atoms with Gasteiger partial charge >= 0.3 is 12.1 Å². The second kappa shape index (κ2) is 10.8. The molecular formula is C23H30ClNO6. The van der Waals surface area contributed by atoms with Crippen LogP contribution in [0.3, 0.4) is 0 Å². The van der Waals surface area contributed by atoms with Crippen LogP contribution in [0.15, 0.2) is 24.3 Å². The molecule has 31 heavy (non-hydrogen) atoms. The van der Waals surface area contributed by atoms with Crippen molar-refractivity contribution in [2.45, 2.75) is 58.4 Å². The monoisotopic (exact) mass is 451 g/mol. The lowest BCUT2D eigenvalue weighted by atomic mass is 9.74. The third kappa shape index (κ3) is 5.64. The highest BCUT2D eigenvalue weighted by molar-refractivity contribution is 6.31. The van der Waals surface area contributed by atoms with Crippen LogP contribution in [0.1, 0.15) is 58.4 Å². The van der Waals surface area contributed by atoms with Gasteiger partial charge in [-0.15, -0.1) is 0 Å². The van der Waals surface area contributed by atoms with Crippen molar-refractivity contribution in [1.29, 1.82) is 0 Å². The van der Waals surface area contributed by atoms with E-state index in [-0.39, 0.29) is 23.9 Å². The molecule has 7 nitrogen and oxygen atoms in total. The molecule has 1 aliphatic rings. The lowest BCUT2D eigenvalue weighted by Gasteiger charge is -2.43. The number of carbonyl (C=O) groups is 4. The van der Waals surface area contributed by atoms with Crippen LogP contribution >= 0.6 is 11.6 Å². The molecule has 0 unspecified atom stereocenters. The summed E-state index contributed by atoms with van der Waals surface area (Å²) in [6.07, 6.45) is 1.53. The lowest BCUT2D eigenvalue weighted by Crippen LogP contribution is -2.54. The molecule has 0 heterocycles. The number of benzene rings is 1. The summed E-state index contributed by atoms with van der Waals surface area (Å²) in [7, 11) is 1.49. The lowest BCUT2D eigenvalue weighted by molar-refractivity contribution is -0.159. The first-order valence-electron chi connectivity index (χ1n) is 10.5. The minimum absolute atomic E-state index is 0.0429. The molecule has 1 amide bonds. The van der Waals surface area contributed by atoms with Gasteiger partial charge in [0.05, 0.1) is 5.92 Å². The minimum atomic E-state index is -1.23. The van der Waals surface area contributed by atoms with Crippen molar-refractivity contribution in [3.8, 4) is 0 Å². The number of hydrogen-bond acceptors (Lipinski definition) is 6. The number of halogens is 1. The predicted octanol–water partition coefficient (Wildman–Crippen LogP) is 4.50. The van der Waals surface area contributed by atoms with Crippen LogP contribution in [0.4, 0.5) is 4.79 Å². The molecule has 8 heteroatoms. The number of Topliss-reactive ketones (excluding diaryl/α,β-unsaturated/α-hetero) is 2. The maximum absolute atomic E-state index is 13.0. The quantitative estimate of drug-likeness (QED) is 0.427. The summed E-state index contributed by atoms with van der Waals surface area (Å²) in [5, 5.41) is 0.396. The Balaban J connectivity index is 2.06. The van der Waals surface area contributed by atoms with Crippen LogP contribution in [0.25, 0.3) is 0 Å². The van der Waals surface area contributed by atoms with E-state index in [1.165, 1.54) is 11.9 Å². The van der Waals surface area contributed by atoms with E-state index in [0.717, 1.165) is 12.8 Å². The Morgan fingerprint density at radius 2 is 1.81 bits per heavy atom. The van der Waals surface area contributed by atoms with Crippen LogP contribution < -0.4 is 0 Å². The number of hydrogen-bond donors (Lipinski definition) is 0. The van der Waals surface area contributed by atoms with Crippen LogP contribution in [0, 0.1) is 11.8 Å². The Kier molecular flexibility index (Phi) is 8.62. The first kappa shape index (κ1) is 24.9. The van der Waals surface area contributed by atoms with Gasteiger partial charge in [0.15, 0.2) is 5.78 Å². The maximum atomic E-state index is 13.0. The van der Waals surface area contributed by atoms with E-state index in [2.05, 4.69) is 0 Å². The molecule has 2 atom stereocenters. The second-order valence-electron chi connectivity index (χ2n) is 8.25. The summed E-state index contributed by atoms with van der Waals surface area (Å²) in [5.41, 5.74) is -0.673. The van der Waals surface area contributed by atoms with Gasteiger partial charge in [0.25, 0.3) is 0 Å². The van der Waals surface area contributed by atoms with E-state index in [1.54, 1.807) is 45.0 Å². The zero-order valence-electron chi connectivity index (χ0n) is 18.5. The molecule has 1 aromatic carbocycles. The second-order valence-corrected chi connectivity index (χ2v) is 8.65. The van der Waals surface area contributed by atoms with Crippen molar-refractivity contribution >= 4 is 35.2 Å². The van der Waals surface area contributed by atoms with Gasteiger partial charge in [-0.2, -0.15) is 0 Å². The molecule has 2 rings (SSSR count). The third-order valence-electron chi connectivity index (χ3n) is 5.76. The Morgan fingerprint density at radius 1 is 1.13 bits per heavy atom. The van der Waals surface area contributed by atoms with Crippen molar-refractivity contribution < 1.29 is 28.7 Å². The molecule has 170 valence electrons. The van der Waals surface area contributed by atoms with E-state index in [0.29, 0.717) is 23.4 Å². The van der Waals surface area contributed by atoms with E-state index in [1.807, 2.05) is 0 Å². The standard InChI is InChI=1S/C23H30ClNO6/c1-15(2)19(26)13-16(3)21(28)30-14-31-22(29)25(4)23(12-8-7-11-20(23)27)17-9-5-6-10-18(17)24/h5-6,9-10,15-16H,7-8,11-14H2,1-4H3/t16-,23+/m1/s1. The Morgan fingerprint density at radius 3 is 2.42 bits per heavy atom. The van der Waals surface area contributed by atoms with E-state index < -0.39 is 30.3 Å². The Hall–Kier alpha value is -2.41. The fourth-order valence-electron chi connectivity index (χ4n) is 3.78. The zero-order valence-corrected chi connectivity index (χ0v) is 19.2. The normalized spacial score (nSPS) is 19.6. The highest BCUT2D eigenvalue weighted by Crippen LogP contribution is 2.42. The molecule has 1 fully saturated rings. The molecule has 0 aromatic heterocycles. The third-order valence-corrected chi connectivity index (χ3v) is 6.09. The molecule has 0 radical (unpaired) electrons. The van der Waals surface area contributed by atoms with Gasteiger partial charge in [-0.3, -0.25) is 19.3 Å². The summed E-state index contributed by atoms with van der Waals surface area (Å²) >= 11 is 6.38. The van der Waals surface area contributed by atoms with Gasteiger partial charge in [-0.1, -0.05) is 50.6 Å². The average molecular weight is 452 g/mol. The number of amides is 1. The summed E-state index contributed by atoms with van der Waals surface area (Å²) in [4.78, 5) is 50.9. The highest BCUT2D eigenvalue weighted by atomic mass is 35.5. The largest absolute Gasteiger partial charge is 0.428 e. The van der Waals surface area contributed by atoms with E-state index >= 15 is 0 Å². The molecule has 1 aromatic rings. The van der Waals surface area contributed by atoms with Crippen molar-refractivity contribution in [3.63, 3.8) is 0 Å². The van der Waals surface area contributed by atoms with Gasteiger partial charge < -0.3 is 9.47 Å². The van der Waals surface area contributed by atoms with Gasteiger partial charge in [-0.05, 0) is 25.3 Å². The number of nitrogens with zero attached hydrogens (tertiary/aromatic N) is 1. The highest BCUT2D eigenvalue weighted by Gasteiger charge is 2.48. The zero-order chi connectivity index (χ0) is 23.2. The maximum Gasteiger partial charge on any atom is 0.413 e. The van der Waals surface area contributed by atoms with Gasteiger partial charge in [0.1, 0.15) is 11.3 Å². The summed E-state index contributed by atoms with van der Waals surface area (Å²) in [5.74, 6) is -1.58. The topological polar surface area (TPSA) is 90.0 Å². The number of ether oxygens (including phenoxy) is 2. The molecule has 0 bridgehead atoms. The molecule has 0 N–H and O–H groups in total. The van der Waals surface area contributed by atoms with Crippen LogP contribution in [0.5, 0.6) is 0 Å². The SMILES string of the molecule is CC(C)C(=O)C[C@@H](C)C(=O)OCOC(=O)N(C)[C@]1(c2ccccc2Cl)CCCCC1=O. The summed E-state index contributed by atoms with van der Waals surface area (Å²) < 4.78 is 10.1. The van der Waals surface area contributed by atoms with Gasteiger partial charge in [0, 0.05) is 36.4 Å². The van der Waals surface area contributed by atoms with Crippen LogP contribution in [0.2, 0.25) is 5.02 Å². The average Bonchev–Trinajstić information content (AvgIpc) is 2.73. The van der Waals surface area contributed by atoms with Crippen molar-refractivity contribution in [2.75, 3.05) is 13.8 Å². The molecule has 0 saturated heterocycles. The van der Waals surface area contributed by atoms with E-state index in [9.17, 15) is 19.2 Å². The van der Waals surface area contributed by atoms with Crippen molar-refractivity contribution in [3.05, 3.63) is 34.9 Å². The predicted molar refractivity (Wildman–Crippen MR) is 115 cm³/mol. The van der Waals surface area contributed by atoms with Crippen molar-refractivity contribution in [1.82, 2.24) is 4.90 Å². The smallest absolute Gasteiger partial charge is 0.413 e. The van der Waals surface area contributed by atoms with Gasteiger partial charge in [0.2, 0.25) is 6.79 Å². The number of rotatable bonds is 8. The molecule has 1 aliphatic carbocycles. The molecular weight excluding hydrogens is 422 g/mol. The summed E-state index contributed by atoms with van der Waals surface area (Å²) in [6, 6.07) is 6.95. The number of esters is 1. The minimum Gasteiger partial charge on any atom is -0.428 e. The number of likely N-dealkylation sites (N-methyl/N-ethyl adjacent to an activating group) is 1. The molecule has 0 spiro atoms. The van der Waals surface area contributed by atoms with Crippen molar-refractivity contribution in [2.24, 2.45) is 11.8 Å². The van der Waals surface area contributed by atoms with Gasteiger partial charge in [-0.25, -0.2) is 4.79 Å². The van der Waals surface area contributed by atoms with Crippen LogP contribution in [-0.2, 0) is 29.4 Å². The van der Waals surface area contributed by atoms with Crippen LogP contribution in [-0.4, -0.2) is 42.4 Å².